The molecule has 1 aliphatic rings. The number of aliphatic hydroxyl groups is 1. The molecule has 0 amide bonds. The summed E-state index contributed by atoms with van der Waals surface area (Å²) in [4.78, 5) is 7.02. The zero-order valence-corrected chi connectivity index (χ0v) is 14.0. The van der Waals surface area contributed by atoms with Crippen molar-refractivity contribution in [3.63, 3.8) is 0 Å². The minimum atomic E-state index is -0.501. The van der Waals surface area contributed by atoms with E-state index in [1.165, 1.54) is 0 Å². The summed E-state index contributed by atoms with van der Waals surface area (Å²) in [6, 6.07) is 18.6. The molecule has 1 unspecified atom stereocenters. The number of aliphatic hydroxyl groups excluding tert-OH is 1. The summed E-state index contributed by atoms with van der Waals surface area (Å²) in [6.45, 7) is 2.10. The summed E-state index contributed by atoms with van der Waals surface area (Å²) < 4.78 is 0. The van der Waals surface area contributed by atoms with Crippen LogP contribution in [0.25, 0.3) is 10.9 Å². The number of aromatic nitrogens is 1. The molecule has 0 saturated heterocycles. The van der Waals surface area contributed by atoms with E-state index in [9.17, 15) is 5.11 Å². The second kappa shape index (κ2) is 5.49. The second-order valence-corrected chi connectivity index (χ2v) is 6.36. The van der Waals surface area contributed by atoms with Gasteiger partial charge in [-0.1, -0.05) is 36.4 Å². The molecule has 24 heavy (non-hydrogen) atoms. The lowest BCUT2D eigenvalue weighted by Gasteiger charge is -2.38. The lowest BCUT2D eigenvalue weighted by molar-refractivity contribution is 0.250. The minimum Gasteiger partial charge on any atom is -0.396 e. The van der Waals surface area contributed by atoms with Crippen molar-refractivity contribution in [2.24, 2.45) is 0 Å². The number of rotatable bonds is 3. The summed E-state index contributed by atoms with van der Waals surface area (Å²) in [5, 5.41) is 14.6. The summed E-state index contributed by atoms with van der Waals surface area (Å²) in [7, 11) is 2.07. The van der Waals surface area contributed by atoms with Crippen molar-refractivity contribution in [1.29, 1.82) is 0 Å². The molecule has 0 bridgehead atoms. The van der Waals surface area contributed by atoms with E-state index in [0.29, 0.717) is 6.42 Å². The van der Waals surface area contributed by atoms with E-state index < -0.39 is 5.66 Å². The third-order valence-corrected chi connectivity index (χ3v) is 4.96. The van der Waals surface area contributed by atoms with Crippen LogP contribution >= 0.6 is 0 Å². The number of aryl methyl sites for hydroxylation is 1. The Hall–Kier alpha value is -2.59. The lowest BCUT2D eigenvalue weighted by atomic mass is 9.92. The molecule has 2 N–H and O–H groups in total. The van der Waals surface area contributed by atoms with Gasteiger partial charge in [-0.05, 0) is 25.1 Å². The number of anilines is 2. The first-order valence-electron chi connectivity index (χ1n) is 8.24. The Morgan fingerprint density at radius 1 is 1.08 bits per heavy atom. The topological polar surface area (TPSA) is 48.4 Å². The Balaban J connectivity index is 1.97. The highest BCUT2D eigenvalue weighted by Crippen LogP contribution is 2.47. The van der Waals surface area contributed by atoms with Crippen molar-refractivity contribution in [3.05, 3.63) is 65.9 Å². The Morgan fingerprint density at radius 3 is 2.71 bits per heavy atom. The number of para-hydroxylation sites is 3. The smallest absolute Gasteiger partial charge is 0.141 e. The molecule has 1 aliphatic heterocycles. The molecular formula is C20H21N3O. The molecule has 0 fully saturated rings. The second-order valence-electron chi connectivity index (χ2n) is 6.36. The van der Waals surface area contributed by atoms with E-state index in [-0.39, 0.29) is 6.61 Å². The highest BCUT2D eigenvalue weighted by molar-refractivity contribution is 5.87. The van der Waals surface area contributed by atoms with Gasteiger partial charge in [-0.2, -0.15) is 0 Å². The molecule has 1 atom stereocenters. The average molecular weight is 319 g/mol. The van der Waals surface area contributed by atoms with Crippen LogP contribution in [0.5, 0.6) is 0 Å². The molecule has 0 saturated carbocycles. The summed E-state index contributed by atoms with van der Waals surface area (Å²) in [6.07, 6.45) is 0.576. The van der Waals surface area contributed by atoms with Crippen molar-refractivity contribution in [3.8, 4) is 0 Å². The molecule has 2 aromatic carbocycles. The number of benzene rings is 2. The van der Waals surface area contributed by atoms with Gasteiger partial charge in [0, 0.05) is 36.7 Å². The zero-order chi connectivity index (χ0) is 16.7. The first-order chi connectivity index (χ1) is 11.7. The van der Waals surface area contributed by atoms with Gasteiger partial charge in [-0.25, -0.2) is 0 Å². The minimum absolute atomic E-state index is 0.0908. The van der Waals surface area contributed by atoms with Crippen molar-refractivity contribution in [2.45, 2.75) is 19.0 Å². The summed E-state index contributed by atoms with van der Waals surface area (Å²) in [5.74, 6) is 0. The first kappa shape index (κ1) is 15.0. The standard InChI is InChI=1S/C20H21N3O/c1-14-10-11-15-6-5-7-16(19(15)21-14)20(12-13-24)22-17-8-3-4-9-18(17)23(20)2/h3-11,22,24H,12-13H2,1-2H3. The van der Waals surface area contributed by atoms with Crippen LogP contribution in [-0.4, -0.2) is 23.7 Å². The maximum Gasteiger partial charge on any atom is 0.141 e. The highest BCUT2D eigenvalue weighted by atomic mass is 16.3. The molecule has 122 valence electrons. The van der Waals surface area contributed by atoms with E-state index >= 15 is 0 Å². The molecule has 4 heteroatoms. The maximum absolute atomic E-state index is 9.79. The maximum atomic E-state index is 9.79. The fourth-order valence-electron chi connectivity index (χ4n) is 3.74. The van der Waals surface area contributed by atoms with Gasteiger partial charge >= 0.3 is 0 Å². The average Bonchev–Trinajstić information content (AvgIpc) is 2.88. The van der Waals surface area contributed by atoms with Crippen LogP contribution in [0.2, 0.25) is 0 Å². The van der Waals surface area contributed by atoms with Crippen molar-refractivity contribution in [2.75, 3.05) is 23.9 Å². The molecule has 0 spiro atoms. The fraction of sp³-hybridized carbons (Fsp3) is 0.250. The van der Waals surface area contributed by atoms with Crippen LogP contribution in [0.15, 0.2) is 54.6 Å². The summed E-state index contributed by atoms with van der Waals surface area (Å²) >= 11 is 0. The normalized spacial score (nSPS) is 19.4. The van der Waals surface area contributed by atoms with Gasteiger partial charge in [0.2, 0.25) is 0 Å². The Morgan fingerprint density at radius 2 is 1.92 bits per heavy atom. The Bertz CT molecular complexity index is 908. The monoisotopic (exact) mass is 319 g/mol. The third kappa shape index (κ3) is 2.07. The largest absolute Gasteiger partial charge is 0.396 e. The molecule has 2 heterocycles. The molecule has 0 radical (unpaired) electrons. The van der Waals surface area contributed by atoms with Gasteiger partial charge < -0.3 is 15.3 Å². The van der Waals surface area contributed by atoms with E-state index in [0.717, 1.165) is 33.5 Å². The summed E-state index contributed by atoms with van der Waals surface area (Å²) in [5.41, 5.74) is 4.79. The number of nitrogens with zero attached hydrogens (tertiary/aromatic N) is 2. The van der Waals surface area contributed by atoms with Gasteiger partial charge in [-0.15, -0.1) is 0 Å². The van der Waals surface area contributed by atoms with Crippen molar-refractivity contribution in [1.82, 2.24) is 4.98 Å². The van der Waals surface area contributed by atoms with Gasteiger partial charge in [-0.3, -0.25) is 4.98 Å². The van der Waals surface area contributed by atoms with E-state index in [4.69, 9.17) is 4.98 Å². The van der Waals surface area contributed by atoms with Gasteiger partial charge in [0.1, 0.15) is 5.66 Å². The van der Waals surface area contributed by atoms with Crippen LogP contribution in [0.4, 0.5) is 11.4 Å². The zero-order valence-electron chi connectivity index (χ0n) is 14.0. The van der Waals surface area contributed by atoms with Crippen molar-refractivity contribution >= 4 is 22.3 Å². The van der Waals surface area contributed by atoms with Gasteiger partial charge in [0.25, 0.3) is 0 Å². The van der Waals surface area contributed by atoms with Gasteiger partial charge in [0.15, 0.2) is 0 Å². The van der Waals surface area contributed by atoms with E-state index in [2.05, 4.69) is 53.7 Å². The third-order valence-electron chi connectivity index (χ3n) is 4.96. The number of nitrogens with one attached hydrogen (secondary N) is 1. The number of fused-ring (bicyclic) bond motifs is 2. The molecule has 4 nitrogen and oxygen atoms in total. The number of hydrogen-bond acceptors (Lipinski definition) is 4. The molecule has 4 rings (SSSR count). The van der Waals surface area contributed by atoms with Crippen LogP contribution in [0.1, 0.15) is 17.7 Å². The molecular weight excluding hydrogens is 298 g/mol. The first-order valence-corrected chi connectivity index (χ1v) is 8.24. The predicted octanol–water partition coefficient (Wildman–Crippen LogP) is 3.64. The fourth-order valence-corrected chi connectivity index (χ4v) is 3.74. The molecule has 0 aliphatic carbocycles. The predicted molar refractivity (Wildman–Crippen MR) is 98.3 cm³/mol. The van der Waals surface area contributed by atoms with Crippen LogP contribution in [-0.2, 0) is 5.66 Å². The Labute approximate surface area is 141 Å². The van der Waals surface area contributed by atoms with Crippen LogP contribution in [0, 0.1) is 6.92 Å². The van der Waals surface area contributed by atoms with Crippen LogP contribution < -0.4 is 10.2 Å². The molecule has 3 aromatic rings. The van der Waals surface area contributed by atoms with Gasteiger partial charge in [0.05, 0.1) is 16.9 Å². The Kier molecular flexibility index (Phi) is 3.43. The quantitative estimate of drug-likeness (QED) is 0.774. The number of pyridine rings is 1. The van der Waals surface area contributed by atoms with Crippen LogP contribution in [0.3, 0.4) is 0 Å². The van der Waals surface area contributed by atoms with E-state index in [1.54, 1.807) is 0 Å². The lowest BCUT2D eigenvalue weighted by Crippen LogP contribution is -2.47. The molecule has 1 aromatic heterocycles. The van der Waals surface area contributed by atoms with E-state index in [1.807, 2.05) is 25.1 Å². The van der Waals surface area contributed by atoms with Crippen molar-refractivity contribution < 1.29 is 5.11 Å². The SMILES string of the molecule is Cc1ccc2cccc(C3(CCO)Nc4ccccc4N3C)c2n1. The highest BCUT2D eigenvalue weighted by Gasteiger charge is 2.43. The number of hydrogen-bond donors (Lipinski definition) is 2.